The standard InChI is InChI=1S/C21H27N7O4/c1-22-18-17-19(26-20(25-18)27(2)3)28(12-24-17)8-4-5-9-30-21(29)23-11-14-6-7-15-16(10-14)32-13-31-15/h6-7,10,12H,4-5,8-9,11,13H2,1-3H3,(H,23,29)(H,22,25,26). The van der Waals surface area contributed by atoms with E-state index in [9.17, 15) is 4.79 Å². The van der Waals surface area contributed by atoms with E-state index in [1.54, 1.807) is 6.33 Å². The third kappa shape index (κ3) is 4.76. The number of nitrogens with one attached hydrogen (secondary N) is 2. The van der Waals surface area contributed by atoms with Gasteiger partial charge in [-0.25, -0.2) is 9.78 Å². The zero-order chi connectivity index (χ0) is 22.5. The zero-order valence-electron chi connectivity index (χ0n) is 18.4. The van der Waals surface area contributed by atoms with Gasteiger partial charge in [0.2, 0.25) is 12.7 Å². The molecule has 0 aliphatic carbocycles. The summed E-state index contributed by atoms with van der Waals surface area (Å²) in [5, 5.41) is 5.82. The van der Waals surface area contributed by atoms with Crippen molar-refractivity contribution >= 4 is 29.0 Å². The van der Waals surface area contributed by atoms with E-state index < -0.39 is 6.09 Å². The Bertz CT molecular complexity index is 1100. The van der Waals surface area contributed by atoms with E-state index in [0.717, 1.165) is 29.6 Å². The smallest absolute Gasteiger partial charge is 0.407 e. The molecule has 2 N–H and O–H groups in total. The Labute approximate surface area is 185 Å². The van der Waals surface area contributed by atoms with Crippen LogP contribution in [0.3, 0.4) is 0 Å². The highest BCUT2D eigenvalue weighted by Gasteiger charge is 2.15. The normalized spacial score (nSPS) is 12.1. The summed E-state index contributed by atoms with van der Waals surface area (Å²) in [7, 11) is 5.61. The molecule has 0 saturated heterocycles. The number of amides is 1. The second-order valence-corrected chi connectivity index (χ2v) is 7.51. The van der Waals surface area contributed by atoms with Gasteiger partial charge in [-0.1, -0.05) is 6.07 Å². The van der Waals surface area contributed by atoms with Crippen molar-refractivity contribution in [2.75, 3.05) is 44.8 Å². The summed E-state index contributed by atoms with van der Waals surface area (Å²) >= 11 is 0. The largest absolute Gasteiger partial charge is 0.454 e. The van der Waals surface area contributed by atoms with Crippen LogP contribution in [0.5, 0.6) is 11.5 Å². The first-order chi connectivity index (χ1) is 15.5. The van der Waals surface area contributed by atoms with Crippen molar-refractivity contribution in [1.82, 2.24) is 24.8 Å². The molecule has 3 heterocycles. The van der Waals surface area contributed by atoms with Crippen molar-refractivity contribution in [3.8, 4) is 11.5 Å². The van der Waals surface area contributed by atoms with Crippen LogP contribution < -0.4 is 25.0 Å². The molecular formula is C21H27N7O4. The number of aryl methyl sites for hydroxylation is 1. The Hall–Kier alpha value is -3.76. The number of aromatic nitrogens is 4. The van der Waals surface area contributed by atoms with Crippen molar-refractivity contribution < 1.29 is 19.0 Å². The summed E-state index contributed by atoms with van der Waals surface area (Å²) < 4.78 is 17.9. The highest BCUT2D eigenvalue weighted by Crippen LogP contribution is 2.32. The molecule has 1 amide bonds. The van der Waals surface area contributed by atoms with E-state index in [-0.39, 0.29) is 6.79 Å². The molecule has 170 valence electrons. The summed E-state index contributed by atoms with van der Waals surface area (Å²) in [4.78, 5) is 27.3. The summed E-state index contributed by atoms with van der Waals surface area (Å²) in [5.41, 5.74) is 2.42. The molecule has 4 rings (SSSR count). The molecule has 11 heteroatoms. The summed E-state index contributed by atoms with van der Waals surface area (Å²) in [6.07, 6.45) is 2.86. The number of rotatable bonds is 9. The Morgan fingerprint density at radius 1 is 1.22 bits per heavy atom. The van der Waals surface area contributed by atoms with Gasteiger partial charge in [0, 0.05) is 34.2 Å². The number of imidazole rings is 1. The van der Waals surface area contributed by atoms with Gasteiger partial charge < -0.3 is 34.3 Å². The molecule has 11 nitrogen and oxygen atoms in total. The summed E-state index contributed by atoms with van der Waals surface area (Å²) in [5.74, 6) is 2.72. The van der Waals surface area contributed by atoms with Crippen molar-refractivity contribution in [2.45, 2.75) is 25.9 Å². The van der Waals surface area contributed by atoms with Crippen LogP contribution >= 0.6 is 0 Å². The van der Waals surface area contributed by atoms with Gasteiger partial charge in [-0.05, 0) is 30.5 Å². The van der Waals surface area contributed by atoms with Gasteiger partial charge in [0.25, 0.3) is 0 Å². The fraction of sp³-hybridized carbons (Fsp3) is 0.429. The van der Waals surface area contributed by atoms with Crippen molar-refractivity contribution in [1.29, 1.82) is 0 Å². The molecule has 32 heavy (non-hydrogen) atoms. The van der Waals surface area contributed by atoms with Crippen LogP contribution in [0.25, 0.3) is 11.2 Å². The predicted octanol–water partition coefficient (Wildman–Crippen LogP) is 2.37. The third-order valence-corrected chi connectivity index (χ3v) is 4.99. The molecular weight excluding hydrogens is 414 g/mol. The first kappa shape index (κ1) is 21.5. The molecule has 0 fully saturated rings. The first-order valence-electron chi connectivity index (χ1n) is 10.4. The molecule has 0 radical (unpaired) electrons. The number of anilines is 2. The highest BCUT2D eigenvalue weighted by molar-refractivity contribution is 5.84. The van der Waals surface area contributed by atoms with Crippen molar-refractivity contribution in [3.05, 3.63) is 30.1 Å². The van der Waals surface area contributed by atoms with Gasteiger partial charge in [-0.2, -0.15) is 9.97 Å². The van der Waals surface area contributed by atoms with Gasteiger partial charge in [0.05, 0.1) is 12.9 Å². The lowest BCUT2D eigenvalue weighted by Crippen LogP contribution is -2.24. The average Bonchev–Trinajstić information content (AvgIpc) is 3.43. The Morgan fingerprint density at radius 2 is 2.06 bits per heavy atom. The van der Waals surface area contributed by atoms with E-state index in [2.05, 4.69) is 25.6 Å². The lowest BCUT2D eigenvalue weighted by molar-refractivity contribution is 0.143. The quantitative estimate of drug-likeness (QED) is 0.483. The summed E-state index contributed by atoms with van der Waals surface area (Å²) in [6, 6.07) is 5.56. The van der Waals surface area contributed by atoms with Crippen LogP contribution in [0.2, 0.25) is 0 Å². The number of nitrogens with zero attached hydrogens (tertiary/aromatic N) is 5. The molecule has 1 aromatic carbocycles. The number of hydrogen-bond donors (Lipinski definition) is 2. The monoisotopic (exact) mass is 441 g/mol. The predicted molar refractivity (Wildman–Crippen MR) is 119 cm³/mol. The third-order valence-electron chi connectivity index (χ3n) is 4.99. The average molecular weight is 441 g/mol. The van der Waals surface area contributed by atoms with Crippen molar-refractivity contribution in [2.24, 2.45) is 0 Å². The highest BCUT2D eigenvalue weighted by atomic mass is 16.7. The number of ether oxygens (including phenoxy) is 3. The van der Waals surface area contributed by atoms with Gasteiger partial charge >= 0.3 is 6.09 Å². The van der Waals surface area contributed by atoms with Gasteiger partial charge in [-0.3, -0.25) is 0 Å². The van der Waals surface area contributed by atoms with Gasteiger partial charge in [0.15, 0.2) is 28.5 Å². The number of fused-ring (bicyclic) bond motifs is 2. The van der Waals surface area contributed by atoms with E-state index in [1.807, 2.05) is 48.8 Å². The molecule has 3 aromatic rings. The SMILES string of the molecule is CNc1nc(N(C)C)nc2c1ncn2CCCCOC(=O)NCc1ccc2c(c1)OCO2. The van der Waals surface area contributed by atoms with Crippen LogP contribution in [-0.2, 0) is 17.8 Å². The fourth-order valence-electron chi connectivity index (χ4n) is 3.30. The topological polar surface area (TPSA) is 116 Å². The second kappa shape index (κ2) is 9.58. The lowest BCUT2D eigenvalue weighted by atomic mass is 10.2. The number of benzene rings is 1. The molecule has 1 aliphatic heterocycles. The fourth-order valence-corrected chi connectivity index (χ4v) is 3.30. The number of carbonyl (C=O) groups is 1. The number of hydrogen-bond acceptors (Lipinski definition) is 9. The Balaban J connectivity index is 1.22. The molecule has 0 spiro atoms. The van der Waals surface area contributed by atoms with Gasteiger partial charge in [-0.15, -0.1) is 0 Å². The molecule has 0 bridgehead atoms. The van der Waals surface area contributed by atoms with E-state index >= 15 is 0 Å². The molecule has 0 atom stereocenters. The van der Waals surface area contributed by atoms with Crippen LogP contribution in [0.4, 0.5) is 16.6 Å². The summed E-state index contributed by atoms with van der Waals surface area (Å²) in [6.45, 7) is 1.63. The maximum Gasteiger partial charge on any atom is 0.407 e. The first-order valence-corrected chi connectivity index (χ1v) is 10.4. The van der Waals surface area contributed by atoms with Crippen LogP contribution in [0.15, 0.2) is 24.5 Å². The number of unbranched alkanes of at least 4 members (excludes halogenated alkanes) is 1. The van der Waals surface area contributed by atoms with Gasteiger partial charge in [0.1, 0.15) is 0 Å². The molecule has 0 unspecified atom stereocenters. The Kier molecular flexibility index (Phi) is 6.43. The number of alkyl carbamates (subject to hydrolysis) is 1. The maximum atomic E-state index is 12.0. The number of carbonyl (C=O) groups excluding carboxylic acids is 1. The molecule has 0 saturated carbocycles. The second-order valence-electron chi connectivity index (χ2n) is 7.51. The van der Waals surface area contributed by atoms with E-state index in [0.29, 0.717) is 43.0 Å². The van der Waals surface area contributed by atoms with E-state index in [1.165, 1.54) is 0 Å². The van der Waals surface area contributed by atoms with Crippen LogP contribution in [0, 0.1) is 0 Å². The molecule has 1 aliphatic rings. The lowest BCUT2D eigenvalue weighted by Gasteiger charge is -2.12. The maximum absolute atomic E-state index is 12.0. The molecule has 2 aromatic heterocycles. The van der Waals surface area contributed by atoms with Crippen LogP contribution in [-0.4, -0.2) is 60.2 Å². The minimum atomic E-state index is -0.447. The van der Waals surface area contributed by atoms with Crippen LogP contribution in [0.1, 0.15) is 18.4 Å². The Morgan fingerprint density at radius 3 is 2.88 bits per heavy atom. The van der Waals surface area contributed by atoms with Crippen molar-refractivity contribution in [3.63, 3.8) is 0 Å². The van der Waals surface area contributed by atoms with E-state index in [4.69, 9.17) is 14.2 Å². The minimum Gasteiger partial charge on any atom is -0.454 e. The minimum absolute atomic E-state index is 0.226. The zero-order valence-corrected chi connectivity index (χ0v) is 18.4.